The molecule has 212 valence electrons. The molecule has 9 nitrogen and oxygen atoms in total. The Morgan fingerprint density at radius 3 is 2.63 bits per heavy atom. The summed E-state index contributed by atoms with van der Waals surface area (Å²) in [5.74, 6) is -2.43. The van der Waals surface area contributed by atoms with Crippen molar-refractivity contribution in [1.29, 1.82) is 0 Å². The summed E-state index contributed by atoms with van der Waals surface area (Å²) in [6.07, 6.45) is 1.29. The Morgan fingerprint density at radius 1 is 1.17 bits per heavy atom. The second-order valence-corrected chi connectivity index (χ2v) is 11.0. The Kier molecular flexibility index (Phi) is 8.21. The highest BCUT2D eigenvalue weighted by molar-refractivity contribution is 7.10. The van der Waals surface area contributed by atoms with Crippen molar-refractivity contribution >= 4 is 28.8 Å². The Balaban J connectivity index is 1.57. The molecular weight excluding hydrogens is 544 g/mol. The minimum atomic E-state index is -0.939. The van der Waals surface area contributed by atoms with Gasteiger partial charge in [0, 0.05) is 52.6 Å². The standard InChI is InChI=1S/C31H30N2O7S/c1-3-39-25-17-21(15-23(30(25)35)33(37)38)28-27(31(36)40-12-11-19-8-5-4-6-9-19)18(2)32-22-14-20(16-24(34)29(22)28)26-10-7-13-41-26/h4-10,13,15,17,20,28,32,35H,3,11-12,14,16H2,1-2H3. The molecule has 0 spiro atoms. The first-order valence-electron chi connectivity index (χ1n) is 13.4. The number of hydrogen-bond acceptors (Lipinski definition) is 9. The van der Waals surface area contributed by atoms with Gasteiger partial charge in [0.1, 0.15) is 0 Å². The molecule has 2 heterocycles. The molecule has 2 aliphatic rings. The van der Waals surface area contributed by atoms with Crippen LogP contribution in [0, 0.1) is 10.1 Å². The molecule has 1 aliphatic carbocycles. The predicted octanol–water partition coefficient (Wildman–Crippen LogP) is 5.91. The summed E-state index contributed by atoms with van der Waals surface area (Å²) in [7, 11) is 0. The Labute approximate surface area is 241 Å². The number of ether oxygens (including phenoxy) is 2. The molecular formula is C31H30N2O7S. The van der Waals surface area contributed by atoms with Crippen LogP contribution in [-0.4, -0.2) is 35.0 Å². The predicted molar refractivity (Wildman–Crippen MR) is 154 cm³/mol. The molecule has 2 aromatic carbocycles. The fraction of sp³-hybridized carbons (Fsp3) is 0.290. The smallest absolute Gasteiger partial charge is 0.336 e. The van der Waals surface area contributed by atoms with Crippen LogP contribution < -0.4 is 10.1 Å². The zero-order chi connectivity index (χ0) is 29.1. The number of dihydropyridines is 1. The lowest BCUT2D eigenvalue weighted by Gasteiger charge is -2.36. The van der Waals surface area contributed by atoms with Gasteiger partial charge in [0.05, 0.1) is 23.7 Å². The topological polar surface area (TPSA) is 128 Å². The number of esters is 1. The third-order valence-corrected chi connectivity index (χ3v) is 8.40. The van der Waals surface area contributed by atoms with Gasteiger partial charge in [-0.2, -0.15) is 0 Å². The molecule has 0 saturated carbocycles. The van der Waals surface area contributed by atoms with Crippen molar-refractivity contribution in [3.05, 3.63) is 109 Å². The van der Waals surface area contributed by atoms with E-state index >= 15 is 0 Å². The first-order chi connectivity index (χ1) is 19.8. The third-order valence-electron chi connectivity index (χ3n) is 7.37. The van der Waals surface area contributed by atoms with Crippen molar-refractivity contribution in [3.63, 3.8) is 0 Å². The van der Waals surface area contributed by atoms with Crippen LogP contribution in [-0.2, 0) is 20.7 Å². The summed E-state index contributed by atoms with van der Waals surface area (Å²) in [5, 5.41) is 27.7. The normalized spacial score (nSPS) is 18.5. The van der Waals surface area contributed by atoms with Gasteiger partial charge in [0.2, 0.25) is 5.75 Å². The van der Waals surface area contributed by atoms with Crippen molar-refractivity contribution in [2.75, 3.05) is 13.2 Å². The maximum absolute atomic E-state index is 13.8. The maximum Gasteiger partial charge on any atom is 0.336 e. The van der Waals surface area contributed by atoms with Crippen LogP contribution in [0.1, 0.15) is 54.5 Å². The van der Waals surface area contributed by atoms with Gasteiger partial charge in [-0.25, -0.2) is 4.79 Å². The van der Waals surface area contributed by atoms with E-state index in [0.717, 1.165) is 10.4 Å². The number of Topliss-reactive ketones (excluding diaryl/α,β-unsaturated/α-hetero) is 1. The summed E-state index contributed by atoms with van der Waals surface area (Å²) in [4.78, 5) is 39.7. The molecule has 1 aromatic heterocycles. The lowest BCUT2D eigenvalue weighted by Crippen LogP contribution is -2.36. The number of ketones is 1. The molecule has 0 radical (unpaired) electrons. The highest BCUT2D eigenvalue weighted by atomic mass is 32.1. The van der Waals surface area contributed by atoms with Crippen molar-refractivity contribution in [2.24, 2.45) is 0 Å². The zero-order valence-electron chi connectivity index (χ0n) is 22.7. The van der Waals surface area contributed by atoms with Crippen molar-refractivity contribution < 1.29 is 29.1 Å². The summed E-state index contributed by atoms with van der Waals surface area (Å²) >= 11 is 1.59. The van der Waals surface area contributed by atoms with Crippen molar-refractivity contribution in [2.45, 2.75) is 44.9 Å². The third kappa shape index (κ3) is 5.74. The lowest BCUT2D eigenvalue weighted by molar-refractivity contribution is -0.386. The van der Waals surface area contributed by atoms with Gasteiger partial charge in [-0.05, 0) is 48.9 Å². The molecule has 10 heteroatoms. The molecule has 5 rings (SSSR count). The fourth-order valence-electron chi connectivity index (χ4n) is 5.54. The molecule has 1 aliphatic heterocycles. The number of nitro groups is 1. The molecule has 41 heavy (non-hydrogen) atoms. The minimum absolute atomic E-state index is 0.0188. The first-order valence-corrected chi connectivity index (χ1v) is 14.3. The number of nitrogens with one attached hydrogen (secondary N) is 1. The number of allylic oxidation sites excluding steroid dienone is 3. The maximum atomic E-state index is 13.8. The van der Waals surface area contributed by atoms with E-state index < -0.39 is 28.2 Å². The van der Waals surface area contributed by atoms with Gasteiger partial charge in [-0.3, -0.25) is 14.9 Å². The molecule has 3 aromatic rings. The Morgan fingerprint density at radius 2 is 1.95 bits per heavy atom. The van der Waals surface area contributed by atoms with Gasteiger partial charge in [0.25, 0.3) is 0 Å². The Bertz CT molecular complexity index is 1540. The van der Waals surface area contributed by atoms with Gasteiger partial charge >= 0.3 is 11.7 Å². The van der Waals surface area contributed by atoms with Crippen LogP contribution in [0.2, 0.25) is 0 Å². The van der Waals surface area contributed by atoms with Crippen LogP contribution in [0.3, 0.4) is 0 Å². The summed E-state index contributed by atoms with van der Waals surface area (Å²) in [6, 6.07) is 16.2. The second-order valence-electron chi connectivity index (χ2n) is 9.98. The highest BCUT2D eigenvalue weighted by Gasteiger charge is 2.42. The van der Waals surface area contributed by atoms with Gasteiger partial charge in [0.15, 0.2) is 11.5 Å². The van der Waals surface area contributed by atoms with E-state index in [-0.39, 0.29) is 42.7 Å². The van der Waals surface area contributed by atoms with Crippen LogP contribution in [0.4, 0.5) is 5.69 Å². The lowest BCUT2D eigenvalue weighted by atomic mass is 9.72. The number of carbonyl (C=O) groups is 2. The quantitative estimate of drug-likeness (QED) is 0.183. The van der Waals surface area contributed by atoms with Crippen LogP contribution in [0.5, 0.6) is 11.5 Å². The molecule has 0 bridgehead atoms. The van der Waals surface area contributed by atoms with Crippen LogP contribution >= 0.6 is 11.3 Å². The number of phenolic OH excluding ortho intramolecular Hbond substituents is 1. The van der Waals surface area contributed by atoms with E-state index in [4.69, 9.17) is 9.47 Å². The van der Waals surface area contributed by atoms with E-state index in [9.17, 15) is 24.8 Å². The number of hydrogen-bond donors (Lipinski definition) is 2. The van der Waals surface area contributed by atoms with Gasteiger partial charge < -0.3 is 19.9 Å². The van der Waals surface area contributed by atoms with Crippen molar-refractivity contribution in [3.8, 4) is 11.5 Å². The molecule has 2 N–H and O–H groups in total. The number of rotatable bonds is 9. The molecule has 0 fully saturated rings. The summed E-state index contributed by atoms with van der Waals surface area (Å²) in [5.41, 5.74) is 2.49. The number of benzene rings is 2. The van der Waals surface area contributed by atoms with Crippen LogP contribution in [0.15, 0.2) is 82.5 Å². The number of carbonyl (C=O) groups excluding carboxylic acids is 2. The average molecular weight is 575 g/mol. The molecule has 0 amide bonds. The van der Waals surface area contributed by atoms with E-state index in [0.29, 0.717) is 35.4 Å². The molecule has 0 saturated heterocycles. The fourth-order valence-corrected chi connectivity index (χ4v) is 6.37. The number of thiophene rings is 1. The van der Waals surface area contributed by atoms with E-state index in [1.807, 2.05) is 47.8 Å². The summed E-state index contributed by atoms with van der Waals surface area (Å²) in [6.45, 7) is 3.70. The van der Waals surface area contributed by atoms with Crippen LogP contribution in [0.25, 0.3) is 0 Å². The second kappa shape index (κ2) is 12.0. The average Bonchev–Trinajstić information content (AvgIpc) is 3.49. The zero-order valence-corrected chi connectivity index (χ0v) is 23.5. The minimum Gasteiger partial charge on any atom is -0.500 e. The van der Waals surface area contributed by atoms with Crippen molar-refractivity contribution in [1.82, 2.24) is 5.32 Å². The monoisotopic (exact) mass is 574 g/mol. The van der Waals surface area contributed by atoms with E-state index in [1.165, 1.54) is 12.1 Å². The van der Waals surface area contributed by atoms with Gasteiger partial charge in [-0.1, -0.05) is 36.4 Å². The number of aromatic hydroxyl groups is 1. The number of phenols is 1. The van der Waals surface area contributed by atoms with E-state index in [2.05, 4.69) is 5.32 Å². The van der Waals surface area contributed by atoms with Gasteiger partial charge in [-0.15, -0.1) is 11.3 Å². The molecule has 2 unspecified atom stereocenters. The van der Waals surface area contributed by atoms with E-state index in [1.54, 1.807) is 25.2 Å². The first kappa shape index (κ1) is 28.1. The number of nitro benzene ring substituents is 1. The number of nitrogens with zero attached hydrogens (tertiary/aromatic N) is 1. The Hall–Kier alpha value is -4.44. The largest absolute Gasteiger partial charge is 0.500 e. The SMILES string of the molecule is CCOc1cc(C2C(C(=O)OCCc3ccccc3)=C(C)NC3=C2C(=O)CC(c2cccs2)C3)cc([N+](=O)[O-])c1O. The highest BCUT2D eigenvalue weighted by Crippen LogP contribution is 2.49. The summed E-state index contributed by atoms with van der Waals surface area (Å²) < 4.78 is 11.2. The molecule has 2 atom stereocenters.